The third-order valence-corrected chi connectivity index (χ3v) is 3.21. The molecule has 0 fully saturated rings. The number of anilines is 2. The van der Waals surface area contributed by atoms with Crippen LogP contribution in [0, 0.1) is 5.82 Å². The second-order valence-electron chi connectivity index (χ2n) is 4.46. The van der Waals surface area contributed by atoms with Gasteiger partial charge >= 0.3 is 0 Å². The minimum atomic E-state index is -0.361. The first-order valence-corrected chi connectivity index (χ1v) is 6.41. The predicted octanol–water partition coefficient (Wildman–Crippen LogP) is 3.27. The number of benzene rings is 2. The molecule has 2 aromatic rings. The van der Waals surface area contributed by atoms with Crippen LogP contribution in [0.3, 0.4) is 0 Å². The van der Waals surface area contributed by atoms with Crippen LogP contribution in [-0.2, 0) is 11.2 Å². The van der Waals surface area contributed by atoms with E-state index in [2.05, 4.69) is 0 Å². The van der Waals surface area contributed by atoms with Crippen molar-refractivity contribution >= 4 is 28.9 Å². The summed E-state index contributed by atoms with van der Waals surface area (Å²) in [6.45, 7) is 0. The summed E-state index contributed by atoms with van der Waals surface area (Å²) in [5.74, 6) is -0.551. The molecule has 0 saturated heterocycles. The molecule has 0 bridgehead atoms. The number of nitrogen functional groups attached to an aromatic ring is 1. The average molecular weight is 293 g/mol. The molecule has 2 N–H and O–H groups in total. The molecule has 0 spiro atoms. The summed E-state index contributed by atoms with van der Waals surface area (Å²) in [5.41, 5.74) is 7.45. The molecule has 0 aliphatic heterocycles. The van der Waals surface area contributed by atoms with Gasteiger partial charge in [0.15, 0.2) is 0 Å². The molecule has 0 atom stereocenters. The summed E-state index contributed by atoms with van der Waals surface area (Å²) in [5, 5.41) is 0.500. The first-order chi connectivity index (χ1) is 9.47. The molecular weight excluding hydrogens is 279 g/mol. The molecule has 20 heavy (non-hydrogen) atoms. The van der Waals surface area contributed by atoms with Crippen LogP contribution < -0.4 is 10.6 Å². The normalized spacial score (nSPS) is 10.3. The standard InChI is InChI=1S/C15H14ClFN2O/c1-19(14-9-11(16)5-6-13(14)18)15(20)8-10-3-2-4-12(17)7-10/h2-7,9H,8,18H2,1H3. The minimum absolute atomic E-state index is 0.0974. The highest BCUT2D eigenvalue weighted by molar-refractivity contribution is 6.31. The molecule has 104 valence electrons. The van der Waals surface area contributed by atoms with Gasteiger partial charge in [-0.15, -0.1) is 0 Å². The van der Waals surface area contributed by atoms with Gasteiger partial charge in [0.1, 0.15) is 5.82 Å². The Labute approximate surface area is 121 Å². The summed E-state index contributed by atoms with van der Waals surface area (Å²) in [6.07, 6.45) is 0.0974. The van der Waals surface area contributed by atoms with E-state index in [0.717, 1.165) is 0 Å². The number of hydrogen-bond donors (Lipinski definition) is 1. The van der Waals surface area contributed by atoms with Gasteiger partial charge in [-0.05, 0) is 35.9 Å². The summed E-state index contributed by atoms with van der Waals surface area (Å²) in [7, 11) is 1.61. The van der Waals surface area contributed by atoms with Gasteiger partial charge in [0, 0.05) is 12.1 Å². The van der Waals surface area contributed by atoms with Gasteiger partial charge in [-0.25, -0.2) is 4.39 Å². The van der Waals surface area contributed by atoms with Gasteiger partial charge in [-0.1, -0.05) is 23.7 Å². The van der Waals surface area contributed by atoms with Crippen molar-refractivity contribution in [3.63, 3.8) is 0 Å². The molecular formula is C15H14ClFN2O. The summed E-state index contributed by atoms with van der Waals surface area (Å²) in [6, 6.07) is 10.9. The molecule has 0 heterocycles. The SMILES string of the molecule is CN(C(=O)Cc1cccc(F)c1)c1cc(Cl)ccc1N. The van der Waals surface area contributed by atoms with Crippen molar-refractivity contribution in [1.29, 1.82) is 0 Å². The molecule has 5 heteroatoms. The van der Waals surface area contributed by atoms with E-state index in [-0.39, 0.29) is 18.1 Å². The lowest BCUT2D eigenvalue weighted by atomic mass is 10.1. The van der Waals surface area contributed by atoms with Crippen LogP contribution in [0.5, 0.6) is 0 Å². The molecule has 2 aromatic carbocycles. The Morgan fingerprint density at radius 3 is 2.75 bits per heavy atom. The second kappa shape index (κ2) is 5.92. The Kier molecular flexibility index (Phi) is 4.25. The van der Waals surface area contributed by atoms with E-state index in [0.29, 0.717) is 22.0 Å². The molecule has 0 aliphatic rings. The smallest absolute Gasteiger partial charge is 0.231 e. The second-order valence-corrected chi connectivity index (χ2v) is 4.90. The van der Waals surface area contributed by atoms with E-state index in [4.69, 9.17) is 17.3 Å². The van der Waals surface area contributed by atoms with Crippen LogP contribution in [0.2, 0.25) is 5.02 Å². The van der Waals surface area contributed by atoms with Gasteiger partial charge in [-0.2, -0.15) is 0 Å². The van der Waals surface area contributed by atoms with Gasteiger partial charge in [-0.3, -0.25) is 4.79 Å². The molecule has 0 aromatic heterocycles. The zero-order valence-electron chi connectivity index (χ0n) is 10.9. The van der Waals surface area contributed by atoms with Gasteiger partial charge < -0.3 is 10.6 Å². The van der Waals surface area contributed by atoms with Crippen molar-refractivity contribution in [3.05, 3.63) is 58.9 Å². The summed E-state index contributed by atoms with van der Waals surface area (Å²) in [4.78, 5) is 13.6. The molecule has 2 rings (SSSR count). The Morgan fingerprint density at radius 2 is 2.05 bits per heavy atom. The molecule has 0 aliphatic carbocycles. The quantitative estimate of drug-likeness (QED) is 0.883. The number of nitrogens with two attached hydrogens (primary N) is 1. The maximum absolute atomic E-state index is 13.1. The van der Waals surface area contributed by atoms with Crippen LogP contribution in [0.15, 0.2) is 42.5 Å². The monoisotopic (exact) mass is 292 g/mol. The van der Waals surface area contributed by atoms with Crippen LogP contribution in [-0.4, -0.2) is 13.0 Å². The van der Waals surface area contributed by atoms with Crippen LogP contribution in [0.4, 0.5) is 15.8 Å². The lowest BCUT2D eigenvalue weighted by Crippen LogP contribution is -2.28. The van der Waals surface area contributed by atoms with E-state index in [1.807, 2.05) is 0 Å². The largest absolute Gasteiger partial charge is 0.397 e. The predicted molar refractivity (Wildman–Crippen MR) is 79.4 cm³/mol. The first kappa shape index (κ1) is 14.3. The number of halogens is 2. The molecule has 3 nitrogen and oxygen atoms in total. The number of amides is 1. The molecule has 0 saturated carbocycles. The number of hydrogen-bond acceptors (Lipinski definition) is 2. The highest BCUT2D eigenvalue weighted by Crippen LogP contribution is 2.26. The Balaban J connectivity index is 2.18. The Bertz CT molecular complexity index is 646. The number of carbonyl (C=O) groups excluding carboxylic acids is 1. The van der Waals surface area contributed by atoms with E-state index in [9.17, 15) is 9.18 Å². The molecule has 0 radical (unpaired) electrons. The van der Waals surface area contributed by atoms with E-state index in [1.54, 1.807) is 37.4 Å². The van der Waals surface area contributed by atoms with Crippen LogP contribution in [0.25, 0.3) is 0 Å². The first-order valence-electron chi connectivity index (χ1n) is 6.03. The van der Waals surface area contributed by atoms with Crippen molar-refractivity contribution in [2.75, 3.05) is 17.7 Å². The molecule has 0 unspecified atom stereocenters. The Hall–Kier alpha value is -2.07. The van der Waals surface area contributed by atoms with Crippen molar-refractivity contribution in [1.82, 2.24) is 0 Å². The topological polar surface area (TPSA) is 46.3 Å². The third kappa shape index (κ3) is 3.27. The van der Waals surface area contributed by atoms with Crippen LogP contribution >= 0.6 is 11.6 Å². The fraction of sp³-hybridized carbons (Fsp3) is 0.133. The number of likely N-dealkylation sites (N-methyl/N-ethyl adjacent to an activating group) is 1. The van der Waals surface area contributed by atoms with E-state index >= 15 is 0 Å². The number of rotatable bonds is 3. The zero-order chi connectivity index (χ0) is 14.7. The maximum atomic E-state index is 13.1. The third-order valence-electron chi connectivity index (χ3n) is 2.97. The summed E-state index contributed by atoms with van der Waals surface area (Å²) < 4.78 is 13.1. The van der Waals surface area contributed by atoms with Crippen molar-refractivity contribution in [3.8, 4) is 0 Å². The lowest BCUT2D eigenvalue weighted by Gasteiger charge is -2.19. The number of nitrogens with zero attached hydrogens (tertiary/aromatic N) is 1. The van der Waals surface area contributed by atoms with Gasteiger partial charge in [0.2, 0.25) is 5.91 Å². The van der Waals surface area contributed by atoms with Crippen molar-refractivity contribution < 1.29 is 9.18 Å². The van der Waals surface area contributed by atoms with Gasteiger partial charge in [0.25, 0.3) is 0 Å². The fourth-order valence-electron chi connectivity index (χ4n) is 1.88. The zero-order valence-corrected chi connectivity index (χ0v) is 11.7. The Morgan fingerprint density at radius 1 is 1.30 bits per heavy atom. The van der Waals surface area contributed by atoms with E-state index < -0.39 is 0 Å². The van der Waals surface area contributed by atoms with Crippen molar-refractivity contribution in [2.24, 2.45) is 0 Å². The highest BCUT2D eigenvalue weighted by Gasteiger charge is 2.14. The fourth-order valence-corrected chi connectivity index (χ4v) is 2.05. The van der Waals surface area contributed by atoms with Crippen LogP contribution in [0.1, 0.15) is 5.56 Å². The minimum Gasteiger partial charge on any atom is -0.397 e. The average Bonchev–Trinajstić information content (AvgIpc) is 2.40. The maximum Gasteiger partial charge on any atom is 0.231 e. The van der Waals surface area contributed by atoms with Crippen molar-refractivity contribution in [2.45, 2.75) is 6.42 Å². The van der Waals surface area contributed by atoms with Gasteiger partial charge in [0.05, 0.1) is 17.8 Å². The molecule has 1 amide bonds. The number of carbonyl (C=O) groups is 1. The highest BCUT2D eigenvalue weighted by atomic mass is 35.5. The van der Waals surface area contributed by atoms with E-state index in [1.165, 1.54) is 17.0 Å². The lowest BCUT2D eigenvalue weighted by molar-refractivity contribution is -0.117. The summed E-state index contributed by atoms with van der Waals surface area (Å²) >= 11 is 5.90.